The van der Waals surface area contributed by atoms with Gasteiger partial charge < -0.3 is 40.2 Å². The normalized spacial score (nSPS) is 22.0. The summed E-state index contributed by atoms with van der Waals surface area (Å²) in [6.07, 6.45) is 0.607. The van der Waals surface area contributed by atoms with Gasteiger partial charge in [-0.2, -0.15) is 0 Å². The number of nitrogens with two attached hydrogens (primary N) is 2. The summed E-state index contributed by atoms with van der Waals surface area (Å²) in [5, 5.41) is 0. The highest BCUT2D eigenvalue weighted by Crippen LogP contribution is 2.34. The minimum atomic E-state index is -0.373. The summed E-state index contributed by atoms with van der Waals surface area (Å²) in [6.45, 7) is 2.40. The fourth-order valence-corrected chi connectivity index (χ4v) is 5.95. The predicted molar refractivity (Wildman–Crippen MR) is 167 cm³/mol. The van der Waals surface area contributed by atoms with Gasteiger partial charge in [0.15, 0.2) is 11.5 Å². The maximum absolute atomic E-state index is 13.6. The number of methoxy groups -OCH3 is 2. The Morgan fingerprint density at radius 2 is 1.41 bits per heavy atom. The Morgan fingerprint density at radius 3 is 2.02 bits per heavy atom. The van der Waals surface area contributed by atoms with Crippen molar-refractivity contribution in [3.8, 4) is 11.5 Å². The van der Waals surface area contributed by atoms with Crippen LogP contribution in [0.3, 0.4) is 0 Å². The highest BCUT2D eigenvalue weighted by Gasteiger charge is 2.42. The summed E-state index contributed by atoms with van der Waals surface area (Å²) < 4.78 is 23.4. The van der Waals surface area contributed by atoms with E-state index in [2.05, 4.69) is 0 Å². The Kier molecular flexibility index (Phi) is 10.4. The van der Waals surface area contributed by atoms with Gasteiger partial charge in [0.2, 0.25) is 5.91 Å². The van der Waals surface area contributed by atoms with Crippen molar-refractivity contribution in [1.29, 1.82) is 0 Å². The van der Waals surface area contributed by atoms with Gasteiger partial charge in [-0.1, -0.05) is 60.7 Å². The zero-order valence-corrected chi connectivity index (χ0v) is 25.4. The van der Waals surface area contributed by atoms with E-state index in [1.807, 2.05) is 60.7 Å². The monoisotopic (exact) mass is 602 g/mol. The van der Waals surface area contributed by atoms with Crippen molar-refractivity contribution in [2.45, 2.75) is 44.3 Å². The number of nitrogens with zero attached hydrogens (tertiary/aromatic N) is 2. The first-order valence-electron chi connectivity index (χ1n) is 15.0. The summed E-state index contributed by atoms with van der Waals surface area (Å²) in [4.78, 5) is 30.6. The fourth-order valence-electron chi connectivity index (χ4n) is 5.95. The van der Waals surface area contributed by atoms with Crippen LogP contribution in [0.5, 0.6) is 11.5 Å². The van der Waals surface area contributed by atoms with E-state index in [0.717, 1.165) is 11.1 Å². The molecular weight excluding hydrogens is 560 g/mol. The van der Waals surface area contributed by atoms with Crippen LogP contribution in [0.2, 0.25) is 0 Å². The molecule has 1 heterocycles. The molecule has 10 heteroatoms. The third kappa shape index (κ3) is 7.32. The molecule has 0 spiro atoms. The summed E-state index contributed by atoms with van der Waals surface area (Å²) in [5.74, 6) is 0.301. The van der Waals surface area contributed by atoms with Crippen LogP contribution < -0.4 is 20.9 Å². The third-order valence-electron chi connectivity index (χ3n) is 8.53. The van der Waals surface area contributed by atoms with E-state index in [1.165, 1.54) is 7.11 Å². The number of piperazine rings is 1. The quantitative estimate of drug-likeness (QED) is 0.338. The van der Waals surface area contributed by atoms with E-state index in [-0.39, 0.29) is 36.0 Å². The molecule has 10 nitrogen and oxygen atoms in total. The summed E-state index contributed by atoms with van der Waals surface area (Å²) >= 11 is 0. The zero-order chi connectivity index (χ0) is 31.1. The van der Waals surface area contributed by atoms with Gasteiger partial charge in [-0.3, -0.25) is 9.59 Å². The van der Waals surface area contributed by atoms with Crippen molar-refractivity contribution in [3.63, 3.8) is 0 Å². The molecule has 1 aliphatic carbocycles. The Labute approximate surface area is 258 Å². The van der Waals surface area contributed by atoms with Gasteiger partial charge in [0.05, 0.1) is 37.4 Å². The molecule has 1 aliphatic heterocycles. The number of nitrogen functional groups attached to an aromatic ring is 1. The number of benzene rings is 3. The molecule has 0 radical (unpaired) electrons. The Morgan fingerprint density at radius 1 is 0.795 bits per heavy atom. The van der Waals surface area contributed by atoms with Crippen LogP contribution in [-0.2, 0) is 27.5 Å². The second kappa shape index (κ2) is 14.6. The highest BCUT2D eigenvalue weighted by atomic mass is 16.5. The fraction of sp³-hybridized carbons (Fsp3) is 0.412. The van der Waals surface area contributed by atoms with E-state index in [9.17, 15) is 9.59 Å². The maximum Gasteiger partial charge on any atom is 0.256 e. The molecule has 234 valence electrons. The van der Waals surface area contributed by atoms with Crippen molar-refractivity contribution >= 4 is 17.5 Å². The van der Waals surface area contributed by atoms with Crippen molar-refractivity contribution in [1.82, 2.24) is 9.80 Å². The molecule has 5 rings (SSSR count). The number of anilines is 1. The van der Waals surface area contributed by atoms with Gasteiger partial charge in [-0.05, 0) is 30.0 Å². The minimum Gasteiger partial charge on any atom is -0.493 e. The lowest BCUT2D eigenvalue weighted by Gasteiger charge is -2.42. The minimum absolute atomic E-state index is 0.00532. The molecule has 0 bridgehead atoms. The largest absolute Gasteiger partial charge is 0.493 e. The van der Waals surface area contributed by atoms with Crippen LogP contribution in [0.4, 0.5) is 5.69 Å². The molecule has 4 atom stereocenters. The average Bonchev–Trinajstić information content (AvgIpc) is 3.07. The van der Waals surface area contributed by atoms with E-state index in [1.54, 1.807) is 29.0 Å². The number of carbonyl (C=O) groups is 2. The van der Waals surface area contributed by atoms with Gasteiger partial charge >= 0.3 is 0 Å². The van der Waals surface area contributed by atoms with Gasteiger partial charge in [0.25, 0.3) is 5.91 Å². The van der Waals surface area contributed by atoms with Gasteiger partial charge in [0.1, 0.15) is 6.61 Å². The first kappa shape index (κ1) is 31.3. The summed E-state index contributed by atoms with van der Waals surface area (Å²) in [5.41, 5.74) is 15.6. The second-order valence-corrected chi connectivity index (χ2v) is 11.3. The van der Waals surface area contributed by atoms with Crippen molar-refractivity contribution in [2.24, 2.45) is 11.7 Å². The molecule has 2 amide bonds. The Hall–Kier alpha value is -4.12. The molecule has 1 saturated heterocycles. The molecule has 2 fully saturated rings. The van der Waals surface area contributed by atoms with Gasteiger partial charge in [-0.15, -0.1) is 0 Å². The third-order valence-corrected chi connectivity index (χ3v) is 8.53. The molecule has 4 unspecified atom stereocenters. The van der Waals surface area contributed by atoms with Crippen LogP contribution in [-0.4, -0.2) is 80.3 Å². The maximum atomic E-state index is 13.6. The molecule has 3 aromatic rings. The van der Waals surface area contributed by atoms with Gasteiger partial charge in [-0.25, -0.2) is 0 Å². The van der Waals surface area contributed by atoms with Crippen molar-refractivity contribution < 1.29 is 28.5 Å². The zero-order valence-electron chi connectivity index (χ0n) is 25.4. The van der Waals surface area contributed by atoms with E-state index in [4.69, 9.17) is 30.4 Å². The number of amides is 2. The molecule has 44 heavy (non-hydrogen) atoms. The second-order valence-electron chi connectivity index (χ2n) is 11.3. The molecular formula is C34H42N4O6. The van der Waals surface area contributed by atoms with Crippen LogP contribution >= 0.6 is 0 Å². The van der Waals surface area contributed by atoms with E-state index < -0.39 is 0 Å². The lowest BCUT2D eigenvalue weighted by atomic mass is 9.80. The van der Waals surface area contributed by atoms with Crippen molar-refractivity contribution in [2.75, 3.05) is 46.1 Å². The number of rotatable bonds is 10. The molecule has 2 aliphatic rings. The molecule has 1 saturated carbocycles. The van der Waals surface area contributed by atoms with Crippen LogP contribution in [0, 0.1) is 5.92 Å². The molecule has 3 aromatic carbocycles. The highest BCUT2D eigenvalue weighted by molar-refractivity contribution is 6.00. The number of hydrogen-bond acceptors (Lipinski definition) is 8. The first-order chi connectivity index (χ1) is 21.4. The van der Waals surface area contributed by atoms with Crippen LogP contribution in [0.25, 0.3) is 0 Å². The summed E-state index contributed by atoms with van der Waals surface area (Å²) in [7, 11) is 3.18. The Balaban J connectivity index is 1.16. The van der Waals surface area contributed by atoms with Crippen molar-refractivity contribution in [3.05, 3.63) is 89.5 Å². The van der Waals surface area contributed by atoms with Crippen LogP contribution in [0.1, 0.15) is 34.3 Å². The Bertz CT molecular complexity index is 1400. The molecule has 4 N–H and O–H groups in total. The standard InChI is InChI=1S/C34H42N4O6/c1-41-29-17-25(27(35)19-31(29)43-21-23-9-5-3-6-10-23)33(39)37-13-15-38(16-14-37)34(40)26-18-30(42-2)32(20-28(26)36)44-22-24-11-7-4-8-12-24/h3-12,17,19,26,28,30,32H,13-16,18,20-22,35-36H2,1-2H3. The summed E-state index contributed by atoms with van der Waals surface area (Å²) in [6, 6.07) is 22.6. The van der Waals surface area contributed by atoms with E-state index >= 15 is 0 Å². The number of carbonyl (C=O) groups excluding carboxylic acids is 2. The lowest BCUT2D eigenvalue weighted by Crippen LogP contribution is -2.57. The topological polar surface area (TPSA) is 130 Å². The molecule has 0 aromatic heterocycles. The lowest BCUT2D eigenvalue weighted by molar-refractivity contribution is -0.146. The SMILES string of the molecule is COc1cc(C(=O)N2CCN(C(=O)C3CC(OC)C(OCc4ccccc4)CC3N)CC2)c(N)cc1OCc1ccccc1. The first-order valence-corrected chi connectivity index (χ1v) is 15.0. The van der Waals surface area contributed by atoms with Gasteiger partial charge in [0, 0.05) is 51.1 Å². The average molecular weight is 603 g/mol. The number of ether oxygens (including phenoxy) is 4. The predicted octanol–water partition coefficient (Wildman–Crippen LogP) is 3.48. The smallest absolute Gasteiger partial charge is 0.256 e. The van der Waals surface area contributed by atoms with E-state index in [0.29, 0.717) is 75.0 Å². The number of hydrogen-bond donors (Lipinski definition) is 2. The van der Waals surface area contributed by atoms with Crippen LogP contribution in [0.15, 0.2) is 72.8 Å².